The van der Waals surface area contributed by atoms with Gasteiger partial charge in [-0.1, -0.05) is 0 Å². The highest BCUT2D eigenvalue weighted by Crippen LogP contribution is 2.24. The number of piperidine rings is 1. The minimum absolute atomic E-state index is 0. The minimum Gasteiger partial charge on any atom is -0.496 e. The summed E-state index contributed by atoms with van der Waals surface area (Å²) in [5.74, 6) is 1.11. The predicted octanol–water partition coefficient (Wildman–Crippen LogP) is 2.42. The number of benzene rings is 1. The zero-order valence-electron chi connectivity index (χ0n) is 13.7. The van der Waals surface area contributed by atoms with Crippen LogP contribution >= 0.6 is 12.4 Å². The molecule has 2 rings (SSSR count). The van der Waals surface area contributed by atoms with Crippen LogP contribution in [0.3, 0.4) is 0 Å². The van der Waals surface area contributed by atoms with Crippen molar-refractivity contribution >= 4 is 24.0 Å². The molecular weight excluding hydrogens is 334 g/mol. The lowest BCUT2D eigenvalue weighted by Gasteiger charge is -2.22. The van der Waals surface area contributed by atoms with Crippen LogP contribution in [0, 0.1) is 16.0 Å². The maximum Gasteiger partial charge on any atom is 0.270 e. The molecule has 1 aliphatic rings. The summed E-state index contributed by atoms with van der Waals surface area (Å²) in [6, 6.07) is 4.38. The van der Waals surface area contributed by atoms with Crippen molar-refractivity contribution in [3.63, 3.8) is 0 Å². The van der Waals surface area contributed by atoms with Crippen LogP contribution in [0.2, 0.25) is 0 Å². The summed E-state index contributed by atoms with van der Waals surface area (Å²) in [6.07, 6.45) is 3.61. The van der Waals surface area contributed by atoms with Gasteiger partial charge < -0.3 is 15.4 Å². The monoisotopic (exact) mass is 357 g/mol. The summed E-state index contributed by atoms with van der Waals surface area (Å²) in [5.41, 5.74) is 0.599. The van der Waals surface area contributed by atoms with E-state index in [4.69, 9.17) is 4.74 Å². The zero-order chi connectivity index (χ0) is 16.7. The molecule has 7 nitrogen and oxygen atoms in total. The van der Waals surface area contributed by atoms with Crippen LogP contribution in [-0.2, 0) is 11.3 Å². The molecule has 0 aliphatic carbocycles. The number of carbonyl (C=O) groups is 1. The van der Waals surface area contributed by atoms with E-state index in [9.17, 15) is 14.9 Å². The Morgan fingerprint density at radius 3 is 2.75 bits per heavy atom. The molecule has 134 valence electrons. The maximum absolute atomic E-state index is 12.0. The molecule has 1 saturated heterocycles. The Morgan fingerprint density at radius 1 is 1.42 bits per heavy atom. The van der Waals surface area contributed by atoms with Crippen molar-refractivity contribution in [3.8, 4) is 5.75 Å². The third kappa shape index (κ3) is 5.98. The summed E-state index contributed by atoms with van der Waals surface area (Å²) in [6.45, 7) is 2.28. The summed E-state index contributed by atoms with van der Waals surface area (Å²) in [5, 5.41) is 17.0. The lowest BCUT2D eigenvalue weighted by atomic mass is 9.93. The van der Waals surface area contributed by atoms with Crippen molar-refractivity contribution in [1.82, 2.24) is 10.6 Å². The molecule has 0 aromatic heterocycles. The van der Waals surface area contributed by atoms with Crippen LogP contribution < -0.4 is 15.4 Å². The first kappa shape index (κ1) is 20.2. The summed E-state index contributed by atoms with van der Waals surface area (Å²) in [7, 11) is 1.50. The molecule has 0 radical (unpaired) electrons. The van der Waals surface area contributed by atoms with Crippen molar-refractivity contribution in [2.45, 2.75) is 32.2 Å². The number of rotatable bonds is 7. The topological polar surface area (TPSA) is 93.5 Å². The molecule has 0 atom stereocenters. The molecule has 1 fully saturated rings. The van der Waals surface area contributed by atoms with E-state index in [0.717, 1.165) is 32.4 Å². The molecule has 1 aliphatic heterocycles. The average Bonchev–Trinajstić information content (AvgIpc) is 2.58. The number of nitrogens with one attached hydrogen (secondary N) is 2. The number of non-ortho nitro benzene ring substituents is 1. The smallest absolute Gasteiger partial charge is 0.270 e. The fourth-order valence-electron chi connectivity index (χ4n) is 2.80. The van der Waals surface area contributed by atoms with Crippen LogP contribution in [-0.4, -0.2) is 31.0 Å². The Morgan fingerprint density at radius 2 is 2.12 bits per heavy atom. The molecular formula is C16H24ClN3O4. The molecule has 1 amide bonds. The molecule has 8 heteroatoms. The van der Waals surface area contributed by atoms with Crippen LogP contribution in [0.5, 0.6) is 5.75 Å². The van der Waals surface area contributed by atoms with Crippen molar-refractivity contribution in [2.75, 3.05) is 20.2 Å². The second-order valence-corrected chi connectivity index (χ2v) is 5.76. The van der Waals surface area contributed by atoms with Crippen LogP contribution in [0.4, 0.5) is 5.69 Å². The van der Waals surface area contributed by atoms with Crippen molar-refractivity contribution in [3.05, 3.63) is 33.9 Å². The first-order valence-corrected chi connectivity index (χ1v) is 7.89. The van der Waals surface area contributed by atoms with Crippen LogP contribution in [0.1, 0.15) is 31.2 Å². The molecule has 0 spiro atoms. The van der Waals surface area contributed by atoms with Gasteiger partial charge in [0.25, 0.3) is 5.69 Å². The Balaban J connectivity index is 0.00000288. The number of nitro groups is 1. The number of hydrogen-bond donors (Lipinski definition) is 2. The Hall–Kier alpha value is -1.86. The number of halogens is 1. The Kier molecular flexibility index (Phi) is 8.49. The van der Waals surface area contributed by atoms with Gasteiger partial charge in [0.1, 0.15) is 5.75 Å². The van der Waals surface area contributed by atoms with E-state index in [2.05, 4.69) is 10.6 Å². The molecule has 24 heavy (non-hydrogen) atoms. The normalized spacial score (nSPS) is 14.5. The third-order valence-corrected chi connectivity index (χ3v) is 4.19. The Bertz CT molecular complexity index is 562. The fraction of sp³-hybridized carbons (Fsp3) is 0.562. The molecule has 2 N–H and O–H groups in total. The number of methoxy groups -OCH3 is 1. The number of hydrogen-bond acceptors (Lipinski definition) is 5. The number of nitrogens with zero attached hydrogens (tertiary/aromatic N) is 1. The highest BCUT2D eigenvalue weighted by atomic mass is 35.5. The van der Waals surface area contributed by atoms with Crippen molar-refractivity contribution in [2.24, 2.45) is 5.92 Å². The van der Waals surface area contributed by atoms with Gasteiger partial charge in [-0.15, -0.1) is 12.4 Å². The highest BCUT2D eigenvalue weighted by Gasteiger charge is 2.15. The van der Waals surface area contributed by atoms with Gasteiger partial charge in [0.05, 0.1) is 12.0 Å². The van der Waals surface area contributed by atoms with E-state index >= 15 is 0 Å². The first-order valence-electron chi connectivity index (χ1n) is 7.89. The maximum atomic E-state index is 12.0. The lowest BCUT2D eigenvalue weighted by molar-refractivity contribution is -0.384. The van der Waals surface area contributed by atoms with E-state index < -0.39 is 4.92 Å². The standard InChI is InChI=1S/C16H23N3O4.ClH/c1-23-15-4-3-14(19(21)22)10-13(15)11-18-16(20)5-2-12-6-8-17-9-7-12;/h3-4,10,12,17H,2,5-9,11H2,1H3,(H,18,20);1H. The average molecular weight is 358 g/mol. The molecule has 0 unspecified atom stereocenters. The van der Waals surface area contributed by atoms with Gasteiger partial charge >= 0.3 is 0 Å². The van der Waals surface area contributed by atoms with Gasteiger partial charge in [-0.3, -0.25) is 14.9 Å². The van der Waals surface area contributed by atoms with Gasteiger partial charge in [-0.2, -0.15) is 0 Å². The Labute approximate surface area is 147 Å². The minimum atomic E-state index is -0.456. The van der Waals surface area contributed by atoms with E-state index in [1.54, 1.807) is 6.07 Å². The number of nitro benzene ring substituents is 1. The second-order valence-electron chi connectivity index (χ2n) is 5.76. The van der Waals surface area contributed by atoms with Gasteiger partial charge in [-0.05, 0) is 44.3 Å². The van der Waals surface area contributed by atoms with Gasteiger partial charge in [0, 0.05) is 30.7 Å². The van der Waals surface area contributed by atoms with Crippen molar-refractivity contribution in [1.29, 1.82) is 0 Å². The predicted molar refractivity (Wildman–Crippen MR) is 93.6 cm³/mol. The van der Waals surface area contributed by atoms with Gasteiger partial charge in [-0.25, -0.2) is 0 Å². The zero-order valence-corrected chi connectivity index (χ0v) is 14.6. The molecule has 0 bridgehead atoms. The molecule has 1 aromatic rings. The quantitative estimate of drug-likeness (QED) is 0.577. The second kappa shape index (κ2) is 10.1. The van der Waals surface area contributed by atoms with Gasteiger partial charge in [0.15, 0.2) is 0 Å². The SMILES string of the molecule is COc1ccc([N+](=O)[O-])cc1CNC(=O)CCC1CCNCC1.Cl. The third-order valence-electron chi connectivity index (χ3n) is 4.19. The van der Waals surface area contributed by atoms with Gasteiger partial charge in [0.2, 0.25) is 5.91 Å². The number of amides is 1. The molecule has 1 heterocycles. The molecule has 1 aromatic carbocycles. The molecule has 0 saturated carbocycles. The first-order chi connectivity index (χ1) is 11.1. The summed E-state index contributed by atoms with van der Waals surface area (Å²) < 4.78 is 5.19. The highest BCUT2D eigenvalue weighted by molar-refractivity contribution is 5.85. The van der Waals surface area contributed by atoms with Crippen molar-refractivity contribution < 1.29 is 14.5 Å². The van der Waals surface area contributed by atoms with Crippen LogP contribution in [0.25, 0.3) is 0 Å². The van der Waals surface area contributed by atoms with E-state index in [1.165, 1.54) is 19.2 Å². The van der Waals surface area contributed by atoms with E-state index in [1.807, 2.05) is 0 Å². The van der Waals surface area contributed by atoms with E-state index in [-0.39, 0.29) is 30.5 Å². The largest absolute Gasteiger partial charge is 0.496 e. The fourth-order valence-corrected chi connectivity index (χ4v) is 2.80. The number of carbonyl (C=O) groups excluding carboxylic acids is 1. The summed E-state index contributed by atoms with van der Waals surface area (Å²) in [4.78, 5) is 22.4. The van der Waals surface area contributed by atoms with Crippen LogP contribution in [0.15, 0.2) is 18.2 Å². The summed E-state index contributed by atoms with van der Waals surface area (Å²) >= 11 is 0. The van der Waals surface area contributed by atoms with E-state index in [0.29, 0.717) is 23.7 Å². The lowest BCUT2D eigenvalue weighted by Crippen LogP contribution is -2.29. The number of ether oxygens (including phenoxy) is 1.